The SMILES string of the molecule is O=C(Nc1ccc(F)cc1F)Nc1ccc(Oc2ccnc3ccsc23)cc1F. The summed E-state index contributed by atoms with van der Waals surface area (Å²) < 4.78 is 47.5. The molecule has 0 atom stereocenters. The Morgan fingerprint density at radius 3 is 2.38 bits per heavy atom. The fourth-order valence-corrected chi connectivity index (χ4v) is 3.38. The van der Waals surface area contributed by atoms with Gasteiger partial charge in [0.05, 0.1) is 21.6 Å². The van der Waals surface area contributed by atoms with Crippen LogP contribution in [0.3, 0.4) is 0 Å². The summed E-state index contributed by atoms with van der Waals surface area (Å²) in [5.74, 6) is -1.69. The van der Waals surface area contributed by atoms with Gasteiger partial charge in [-0.25, -0.2) is 18.0 Å². The molecule has 4 rings (SSSR count). The number of anilines is 2. The van der Waals surface area contributed by atoms with Crippen LogP contribution < -0.4 is 15.4 Å². The summed E-state index contributed by atoms with van der Waals surface area (Å²) in [6.07, 6.45) is 1.59. The van der Waals surface area contributed by atoms with E-state index in [-0.39, 0.29) is 17.1 Å². The van der Waals surface area contributed by atoms with Crippen LogP contribution in [-0.4, -0.2) is 11.0 Å². The first-order valence-corrected chi connectivity index (χ1v) is 9.20. The van der Waals surface area contributed by atoms with Gasteiger partial charge in [0.2, 0.25) is 0 Å². The van der Waals surface area contributed by atoms with Crippen molar-refractivity contribution in [2.45, 2.75) is 0 Å². The lowest BCUT2D eigenvalue weighted by atomic mass is 10.2. The third-order valence-corrected chi connectivity index (χ3v) is 4.82. The largest absolute Gasteiger partial charge is 0.456 e. The van der Waals surface area contributed by atoms with Gasteiger partial charge in [0.1, 0.15) is 29.0 Å². The van der Waals surface area contributed by atoms with E-state index in [1.807, 2.05) is 11.4 Å². The van der Waals surface area contributed by atoms with Crippen LogP contribution in [0.1, 0.15) is 0 Å². The summed E-state index contributed by atoms with van der Waals surface area (Å²) in [6, 6.07) is 9.26. The molecule has 0 aliphatic heterocycles. The number of hydrogen-bond donors (Lipinski definition) is 2. The molecular formula is C20H12F3N3O2S. The number of nitrogens with zero attached hydrogens (tertiary/aromatic N) is 1. The van der Waals surface area contributed by atoms with Crippen molar-refractivity contribution >= 4 is 39.0 Å². The smallest absolute Gasteiger partial charge is 0.323 e. The highest BCUT2D eigenvalue weighted by atomic mass is 32.1. The highest BCUT2D eigenvalue weighted by molar-refractivity contribution is 7.17. The van der Waals surface area contributed by atoms with Crippen molar-refractivity contribution in [3.8, 4) is 11.5 Å². The highest BCUT2D eigenvalue weighted by Crippen LogP contribution is 2.33. The third-order valence-electron chi connectivity index (χ3n) is 3.90. The number of aromatic nitrogens is 1. The number of halogens is 3. The van der Waals surface area contributed by atoms with Crippen LogP contribution in [0.15, 0.2) is 60.1 Å². The number of nitrogens with one attached hydrogen (secondary N) is 2. The van der Waals surface area contributed by atoms with Crippen LogP contribution in [0.4, 0.5) is 29.3 Å². The lowest BCUT2D eigenvalue weighted by molar-refractivity contribution is 0.262. The average molecular weight is 415 g/mol. The zero-order valence-electron chi connectivity index (χ0n) is 14.6. The predicted octanol–water partition coefficient (Wildman–Crippen LogP) is 6.15. The maximum absolute atomic E-state index is 14.4. The summed E-state index contributed by atoms with van der Waals surface area (Å²) in [6.45, 7) is 0. The van der Waals surface area contributed by atoms with Crippen molar-refractivity contribution in [2.24, 2.45) is 0 Å². The molecule has 0 saturated carbocycles. The number of urea groups is 1. The molecule has 0 unspecified atom stereocenters. The maximum Gasteiger partial charge on any atom is 0.323 e. The van der Waals surface area contributed by atoms with E-state index in [9.17, 15) is 18.0 Å². The number of ether oxygens (including phenoxy) is 1. The quantitative estimate of drug-likeness (QED) is 0.420. The maximum atomic E-state index is 14.4. The van der Waals surface area contributed by atoms with Crippen molar-refractivity contribution in [3.05, 3.63) is 77.6 Å². The predicted molar refractivity (Wildman–Crippen MR) is 105 cm³/mol. The minimum atomic E-state index is -0.943. The van der Waals surface area contributed by atoms with E-state index >= 15 is 0 Å². The van der Waals surface area contributed by atoms with E-state index < -0.39 is 23.5 Å². The molecule has 4 aromatic rings. The Morgan fingerprint density at radius 2 is 1.66 bits per heavy atom. The second-order valence-electron chi connectivity index (χ2n) is 5.89. The number of amides is 2. The Kier molecular flexibility index (Phi) is 5.05. The van der Waals surface area contributed by atoms with E-state index in [0.717, 1.165) is 28.4 Å². The summed E-state index contributed by atoms with van der Waals surface area (Å²) in [7, 11) is 0. The zero-order chi connectivity index (χ0) is 20.4. The molecule has 2 amide bonds. The fourth-order valence-electron chi connectivity index (χ4n) is 2.58. The van der Waals surface area contributed by atoms with E-state index in [1.165, 1.54) is 23.5 Å². The fraction of sp³-hybridized carbons (Fsp3) is 0. The van der Waals surface area contributed by atoms with Gasteiger partial charge in [-0.3, -0.25) is 4.98 Å². The van der Waals surface area contributed by atoms with Crippen LogP contribution in [-0.2, 0) is 0 Å². The monoisotopic (exact) mass is 415 g/mol. The van der Waals surface area contributed by atoms with Gasteiger partial charge in [0, 0.05) is 24.4 Å². The summed E-state index contributed by atoms with van der Waals surface area (Å²) in [4.78, 5) is 16.2. The summed E-state index contributed by atoms with van der Waals surface area (Å²) in [5, 5.41) is 6.33. The van der Waals surface area contributed by atoms with E-state index in [4.69, 9.17) is 4.74 Å². The molecule has 0 fully saturated rings. The van der Waals surface area contributed by atoms with Crippen molar-refractivity contribution in [3.63, 3.8) is 0 Å². The molecule has 2 heterocycles. The normalized spacial score (nSPS) is 10.7. The van der Waals surface area contributed by atoms with Gasteiger partial charge < -0.3 is 15.4 Å². The number of pyridine rings is 1. The Balaban J connectivity index is 1.47. The molecule has 5 nitrogen and oxygen atoms in total. The average Bonchev–Trinajstić information content (AvgIpc) is 3.16. The highest BCUT2D eigenvalue weighted by Gasteiger charge is 2.12. The van der Waals surface area contributed by atoms with Crippen LogP contribution >= 0.6 is 11.3 Å². The summed E-state index contributed by atoms with van der Waals surface area (Å²) >= 11 is 1.45. The van der Waals surface area contributed by atoms with E-state index in [1.54, 1.807) is 12.3 Å². The summed E-state index contributed by atoms with van der Waals surface area (Å²) in [5.41, 5.74) is 0.409. The Hall–Kier alpha value is -3.59. The number of carbonyl (C=O) groups is 1. The number of thiophene rings is 1. The first-order chi connectivity index (χ1) is 14.0. The Morgan fingerprint density at radius 1 is 0.931 bits per heavy atom. The Labute approximate surface area is 166 Å². The van der Waals surface area contributed by atoms with Crippen molar-refractivity contribution in [2.75, 3.05) is 10.6 Å². The van der Waals surface area contributed by atoms with Gasteiger partial charge in [-0.15, -0.1) is 11.3 Å². The van der Waals surface area contributed by atoms with Gasteiger partial charge in [-0.05, 0) is 35.7 Å². The number of rotatable bonds is 4. The molecule has 9 heteroatoms. The lowest BCUT2D eigenvalue weighted by Crippen LogP contribution is -2.20. The van der Waals surface area contributed by atoms with Gasteiger partial charge >= 0.3 is 6.03 Å². The lowest BCUT2D eigenvalue weighted by Gasteiger charge is -2.11. The second-order valence-corrected chi connectivity index (χ2v) is 6.81. The molecule has 2 aromatic heterocycles. The molecule has 2 N–H and O–H groups in total. The van der Waals surface area contributed by atoms with Crippen LogP contribution in [0.5, 0.6) is 11.5 Å². The van der Waals surface area contributed by atoms with Crippen LogP contribution in [0.25, 0.3) is 10.2 Å². The standard InChI is InChI=1S/C20H12F3N3O2S/c21-11-1-3-15(13(22)9-11)25-20(27)26-16-4-2-12(10-14(16)23)28-18-5-7-24-17-6-8-29-19(17)18/h1-10H,(H2,25,26,27). The molecule has 0 spiro atoms. The molecule has 0 saturated heterocycles. The molecule has 0 aliphatic carbocycles. The minimum absolute atomic E-state index is 0.131. The molecule has 0 radical (unpaired) electrons. The Bertz CT molecular complexity index is 1210. The van der Waals surface area contributed by atoms with Crippen molar-refractivity contribution in [1.82, 2.24) is 4.98 Å². The van der Waals surface area contributed by atoms with Gasteiger partial charge in [0.25, 0.3) is 0 Å². The first kappa shape index (κ1) is 18.8. The van der Waals surface area contributed by atoms with Crippen molar-refractivity contribution in [1.29, 1.82) is 0 Å². The number of hydrogen-bond acceptors (Lipinski definition) is 4. The van der Waals surface area contributed by atoms with Gasteiger partial charge in [-0.2, -0.15) is 0 Å². The molecule has 0 aliphatic rings. The number of carbonyl (C=O) groups excluding carboxylic acids is 1. The van der Waals surface area contributed by atoms with Gasteiger partial charge in [-0.1, -0.05) is 0 Å². The topological polar surface area (TPSA) is 63.2 Å². The second kappa shape index (κ2) is 7.80. The minimum Gasteiger partial charge on any atom is -0.456 e. The number of benzene rings is 2. The van der Waals surface area contributed by atoms with Gasteiger partial charge in [0.15, 0.2) is 0 Å². The molecule has 29 heavy (non-hydrogen) atoms. The molecule has 2 aromatic carbocycles. The molecule has 0 bridgehead atoms. The van der Waals surface area contributed by atoms with E-state index in [0.29, 0.717) is 11.8 Å². The number of fused-ring (bicyclic) bond motifs is 1. The molecule has 146 valence electrons. The zero-order valence-corrected chi connectivity index (χ0v) is 15.4. The van der Waals surface area contributed by atoms with E-state index in [2.05, 4.69) is 15.6 Å². The first-order valence-electron chi connectivity index (χ1n) is 8.32. The van der Waals surface area contributed by atoms with Crippen molar-refractivity contribution < 1.29 is 22.7 Å². The third kappa shape index (κ3) is 4.14. The van der Waals surface area contributed by atoms with Crippen LogP contribution in [0.2, 0.25) is 0 Å². The molecular weight excluding hydrogens is 403 g/mol. The van der Waals surface area contributed by atoms with Crippen LogP contribution in [0, 0.1) is 17.5 Å².